The standard InChI is InChI=1S/C19H26N2O4S/c22-17-7-8-21(11-15-13-26-14-20-15)16-5-1-2-6-19(16)25-10-4-3-9-24-12-18(17)23/h1-2,5-6,13-14,17-18,22-23H,3-4,7-12H2/t17-,18+/m0/s1. The Labute approximate surface area is 158 Å². The van der Waals surface area contributed by atoms with Gasteiger partial charge in [0.15, 0.2) is 0 Å². The van der Waals surface area contributed by atoms with E-state index in [0.29, 0.717) is 32.7 Å². The molecule has 142 valence electrons. The van der Waals surface area contributed by atoms with Crippen LogP contribution in [0, 0.1) is 0 Å². The van der Waals surface area contributed by atoms with Gasteiger partial charge in [-0.25, -0.2) is 4.98 Å². The molecule has 2 heterocycles. The van der Waals surface area contributed by atoms with Crippen LogP contribution in [0.1, 0.15) is 25.0 Å². The molecule has 2 aromatic rings. The summed E-state index contributed by atoms with van der Waals surface area (Å²) in [6.45, 7) is 2.55. The molecule has 0 saturated carbocycles. The van der Waals surface area contributed by atoms with Crippen molar-refractivity contribution in [1.29, 1.82) is 0 Å². The number of nitrogens with zero attached hydrogens (tertiary/aromatic N) is 2. The van der Waals surface area contributed by atoms with E-state index in [1.165, 1.54) is 0 Å². The first-order valence-corrected chi connectivity index (χ1v) is 9.96. The molecule has 0 fully saturated rings. The number of hydrogen-bond donors (Lipinski definition) is 2. The van der Waals surface area contributed by atoms with Gasteiger partial charge >= 0.3 is 0 Å². The van der Waals surface area contributed by atoms with Gasteiger partial charge in [-0.15, -0.1) is 11.3 Å². The van der Waals surface area contributed by atoms with Crippen LogP contribution in [0.15, 0.2) is 35.2 Å². The molecule has 2 N–H and O–H groups in total. The number of benzene rings is 1. The van der Waals surface area contributed by atoms with Crippen molar-refractivity contribution < 1.29 is 19.7 Å². The van der Waals surface area contributed by atoms with E-state index >= 15 is 0 Å². The van der Waals surface area contributed by atoms with E-state index in [4.69, 9.17) is 9.47 Å². The Hall–Kier alpha value is -1.67. The van der Waals surface area contributed by atoms with E-state index in [0.717, 1.165) is 30.0 Å². The zero-order chi connectivity index (χ0) is 18.2. The van der Waals surface area contributed by atoms with Gasteiger partial charge in [-0.3, -0.25) is 0 Å². The molecule has 0 amide bonds. The highest BCUT2D eigenvalue weighted by Crippen LogP contribution is 2.30. The molecule has 2 atom stereocenters. The van der Waals surface area contributed by atoms with Crippen LogP contribution in [-0.4, -0.2) is 53.8 Å². The highest BCUT2D eigenvalue weighted by atomic mass is 32.1. The number of aromatic nitrogens is 1. The van der Waals surface area contributed by atoms with Crippen LogP contribution in [0.3, 0.4) is 0 Å². The maximum atomic E-state index is 10.3. The molecule has 0 radical (unpaired) electrons. The smallest absolute Gasteiger partial charge is 0.142 e. The molecule has 6 nitrogen and oxygen atoms in total. The summed E-state index contributed by atoms with van der Waals surface area (Å²) in [5.74, 6) is 0.829. The van der Waals surface area contributed by atoms with Crippen LogP contribution in [0.5, 0.6) is 5.75 Å². The molecule has 1 aromatic heterocycles. The molecular formula is C19H26N2O4S. The molecule has 7 heteroatoms. The second kappa shape index (κ2) is 9.87. The molecule has 26 heavy (non-hydrogen) atoms. The topological polar surface area (TPSA) is 75.0 Å². The number of anilines is 1. The van der Waals surface area contributed by atoms with Crippen LogP contribution in [0.25, 0.3) is 0 Å². The molecular weight excluding hydrogens is 352 g/mol. The predicted octanol–water partition coefficient (Wildman–Crippen LogP) is 2.45. The molecule has 0 spiro atoms. The largest absolute Gasteiger partial charge is 0.491 e. The van der Waals surface area contributed by atoms with Crippen molar-refractivity contribution >= 4 is 17.0 Å². The lowest BCUT2D eigenvalue weighted by Crippen LogP contribution is -2.35. The molecule has 1 aliphatic heterocycles. The fraction of sp³-hybridized carbons (Fsp3) is 0.526. The Morgan fingerprint density at radius 2 is 2.00 bits per heavy atom. The summed E-state index contributed by atoms with van der Waals surface area (Å²) in [4.78, 5) is 6.52. The second-order valence-electron chi connectivity index (χ2n) is 6.42. The highest BCUT2D eigenvalue weighted by Gasteiger charge is 2.20. The normalized spacial score (nSPS) is 22.9. The summed E-state index contributed by atoms with van der Waals surface area (Å²) in [7, 11) is 0. The molecule has 0 aliphatic carbocycles. The first-order valence-electron chi connectivity index (χ1n) is 9.02. The van der Waals surface area contributed by atoms with Crippen molar-refractivity contribution in [3.05, 3.63) is 40.8 Å². The average molecular weight is 378 g/mol. The molecule has 3 rings (SSSR count). The summed E-state index contributed by atoms with van der Waals surface area (Å²) < 4.78 is 11.5. The van der Waals surface area contributed by atoms with E-state index in [9.17, 15) is 10.2 Å². The van der Waals surface area contributed by atoms with E-state index in [1.807, 2.05) is 35.2 Å². The third-order valence-electron chi connectivity index (χ3n) is 4.41. The van der Waals surface area contributed by atoms with E-state index in [-0.39, 0.29) is 6.61 Å². The number of ether oxygens (including phenoxy) is 2. The first-order chi connectivity index (χ1) is 12.7. The van der Waals surface area contributed by atoms with Crippen LogP contribution < -0.4 is 9.64 Å². The minimum absolute atomic E-state index is 0.157. The second-order valence-corrected chi connectivity index (χ2v) is 7.14. The van der Waals surface area contributed by atoms with Gasteiger partial charge in [-0.1, -0.05) is 12.1 Å². The van der Waals surface area contributed by atoms with Gasteiger partial charge in [0.25, 0.3) is 0 Å². The lowest BCUT2D eigenvalue weighted by molar-refractivity contribution is -0.0405. The van der Waals surface area contributed by atoms with Gasteiger partial charge in [-0.2, -0.15) is 0 Å². The molecule has 1 aliphatic rings. The highest BCUT2D eigenvalue weighted by molar-refractivity contribution is 7.07. The summed E-state index contributed by atoms with van der Waals surface area (Å²) >= 11 is 1.56. The van der Waals surface area contributed by atoms with Gasteiger partial charge in [0.05, 0.1) is 42.8 Å². The van der Waals surface area contributed by atoms with Crippen molar-refractivity contribution in [2.75, 3.05) is 31.3 Å². The Morgan fingerprint density at radius 1 is 1.15 bits per heavy atom. The first kappa shape index (κ1) is 19.1. The van der Waals surface area contributed by atoms with Crippen molar-refractivity contribution in [3.8, 4) is 5.75 Å². The van der Waals surface area contributed by atoms with Crippen LogP contribution in [0.4, 0.5) is 5.69 Å². The number of aliphatic hydroxyl groups excluding tert-OH is 2. The third-order valence-corrected chi connectivity index (χ3v) is 5.05. The maximum absolute atomic E-state index is 10.3. The summed E-state index contributed by atoms with van der Waals surface area (Å²) in [6, 6.07) is 7.94. The molecule has 0 bridgehead atoms. The van der Waals surface area contributed by atoms with E-state index in [2.05, 4.69) is 9.88 Å². The third kappa shape index (κ3) is 5.41. The summed E-state index contributed by atoms with van der Waals surface area (Å²) in [5.41, 5.74) is 3.78. The minimum Gasteiger partial charge on any atom is -0.491 e. The maximum Gasteiger partial charge on any atom is 0.142 e. The van der Waals surface area contributed by atoms with Crippen molar-refractivity contribution in [1.82, 2.24) is 4.98 Å². The SMILES string of the molecule is O[C@@H]1COCCCCOc2ccccc2N(Cc2cscn2)CC[C@@H]1O. The van der Waals surface area contributed by atoms with Crippen LogP contribution >= 0.6 is 11.3 Å². The molecule has 0 unspecified atom stereocenters. The number of thiazole rings is 1. The summed E-state index contributed by atoms with van der Waals surface area (Å²) in [6.07, 6.45) is 0.463. The lowest BCUT2D eigenvalue weighted by Gasteiger charge is -2.28. The van der Waals surface area contributed by atoms with E-state index < -0.39 is 12.2 Å². The molecule has 0 saturated heterocycles. The fourth-order valence-corrected chi connectivity index (χ4v) is 3.47. The Bertz CT molecular complexity index is 653. The van der Waals surface area contributed by atoms with Crippen molar-refractivity contribution in [3.63, 3.8) is 0 Å². The summed E-state index contributed by atoms with van der Waals surface area (Å²) in [5, 5.41) is 22.4. The van der Waals surface area contributed by atoms with E-state index in [1.54, 1.807) is 11.3 Å². The quantitative estimate of drug-likeness (QED) is 0.836. The Balaban J connectivity index is 1.81. The zero-order valence-corrected chi connectivity index (χ0v) is 15.6. The van der Waals surface area contributed by atoms with Crippen LogP contribution in [-0.2, 0) is 11.3 Å². The van der Waals surface area contributed by atoms with Gasteiger partial charge in [0.2, 0.25) is 0 Å². The number of rotatable bonds is 2. The van der Waals surface area contributed by atoms with Crippen molar-refractivity contribution in [2.45, 2.75) is 38.0 Å². The van der Waals surface area contributed by atoms with Gasteiger partial charge < -0.3 is 24.6 Å². The minimum atomic E-state index is -0.870. The van der Waals surface area contributed by atoms with Gasteiger partial charge in [0, 0.05) is 18.5 Å². The zero-order valence-electron chi connectivity index (χ0n) is 14.8. The Morgan fingerprint density at radius 3 is 2.85 bits per heavy atom. The van der Waals surface area contributed by atoms with Crippen molar-refractivity contribution in [2.24, 2.45) is 0 Å². The number of para-hydroxylation sites is 2. The monoisotopic (exact) mass is 378 g/mol. The lowest BCUT2D eigenvalue weighted by atomic mass is 10.1. The van der Waals surface area contributed by atoms with Gasteiger partial charge in [-0.05, 0) is 31.4 Å². The molecule has 1 aromatic carbocycles. The predicted molar refractivity (Wildman–Crippen MR) is 102 cm³/mol. The fourth-order valence-electron chi connectivity index (χ4n) is 2.92. The van der Waals surface area contributed by atoms with Gasteiger partial charge in [0.1, 0.15) is 11.9 Å². The average Bonchev–Trinajstić information content (AvgIpc) is 3.17. The number of hydrogen-bond acceptors (Lipinski definition) is 7. The Kier molecular flexibility index (Phi) is 7.25. The van der Waals surface area contributed by atoms with Crippen LogP contribution in [0.2, 0.25) is 0 Å². The number of aliphatic hydroxyl groups is 2. The number of fused-ring (bicyclic) bond motifs is 1.